The number of carbonyl (C=O) groups is 3. The van der Waals surface area contributed by atoms with Gasteiger partial charge in [-0.05, 0) is 37.8 Å². The molecule has 1 fully saturated rings. The summed E-state index contributed by atoms with van der Waals surface area (Å²) < 4.78 is 4.73. The molecule has 1 aromatic rings. The Kier molecular flexibility index (Phi) is 6.74. The number of para-hydroxylation sites is 1. The average molecular weight is 344 g/mol. The lowest BCUT2D eigenvalue weighted by atomic mass is 9.81. The molecule has 0 radical (unpaired) electrons. The SMILES string of the molecule is C=CCNC(=O)C1CCC(C(=O)Nc2ccccc2C(=O)OC)CC1. The Labute approximate surface area is 147 Å². The third-order valence-electron chi connectivity index (χ3n) is 4.48. The van der Waals surface area contributed by atoms with E-state index in [1.165, 1.54) is 7.11 Å². The van der Waals surface area contributed by atoms with E-state index in [9.17, 15) is 14.4 Å². The molecular weight excluding hydrogens is 320 g/mol. The molecule has 1 aliphatic carbocycles. The summed E-state index contributed by atoms with van der Waals surface area (Å²) in [6.45, 7) is 4.04. The van der Waals surface area contributed by atoms with Gasteiger partial charge in [-0.15, -0.1) is 6.58 Å². The van der Waals surface area contributed by atoms with Gasteiger partial charge in [-0.1, -0.05) is 18.2 Å². The number of methoxy groups -OCH3 is 1. The van der Waals surface area contributed by atoms with Crippen molar-refractivity contribution in [2.24, 2.45) is 11.8 Å². The van der Waals surface area contributed by atoms with Gasteiger partial charge in [-0.3, -0.25) is 9.59 Å². The molecule has 0 atom stereocenters. The molecule has 2 rings (SSSR count). The zero-order chi connectivity index (χ0) is 18.2. The first-order chi connectivity index (χ1) is 12.1. The zero-order valence-electron chi connectivity index (χ0n) is 14.4. The molecule has 1 saturated carbocycles. The topological polar surface area (TPSA) is 84.5 Å². The Hall–Kier alpha value is -2.63. The molecule has 0 unspecified atom stereocenters. The van der Waals surface area contributed by atoms with Crippen LogP contribution in [0.3, 0.4) is 0 Å². The van der Waals surface area contributed by atoms with Crippen molar-refractivity contribution in [2.75, 3.05) is 19.0 Å². The van der Waals surface area contributed by atoms with Crippen LogP contribution in [0.1, 0.15) is 36.0 Å². The summed E-state index contributed by atoms with van der Waals surface area (Å²) >= 11 is 0. The van der Waals surface area contributed by atoms with E-state index in [2.05, 4.69) is 17.2 Å². The van der Waals surface area contributed by atoms with Crippen LogP contribution in [0.4, 0.5) is 5.69 Å². The minimum Gasteiger partial charge on any atom is -0.465 e. The number of hydrogen-bond donors (Lipinski definition) is 2. The minimum absolute atomic E-state index is 0.0230. The molecule has 6 heteroatoms. The van der Waals surface area contributed by atoms with Gasteiger partial charge in [-0.2, -0.15) is 0 Å². The van der Waals surface area contributed by atoms with Crippen molar-refractivity contribution in [3.8, 4) is 0 Å². The molecule has 1 aromatic carbocycles. The van der Waals surface area contributed by atoms with Crippen molar-refractivity contribution in [3.05, 3.63) is 42.5 Å². The molecule has 2 amide bonds. The lowest BCUT2D eigenvalue weighted by molar-refractivity contribution is -0.128. The van der Waals surface area contributed by atoms with E-state index in [1.807, 2.05) is 0 Å². The van der Waals surface area contributed by atoms with E-state index in [4.69, 9.17) is 4.74 Å². The van der Waals surface area contributed by atoms with Crippen molar-refractivity contribution in [2.45, 2.75) is 25.7 Å². The molecule has 25 heavy (non-hydrogen) atoms. The molecule has 0 bridgehead atoms. The van der Waals surface area contributed by atoms with Crippen LogP contribution < -0.4 is 10.6 Å². The highest BCUT2D eigenvalue weighted by Crippen LogP contribution is 2.30. The number of anilines is 1. The van der Waals surface area contributed by atoms with E-state index in [0.717, 1.165) is 0 Å². The monoisotopic (exact) mass is 344 g/mol. The Bertz CT molecular complexity index is 649. The molecule has 0 spiro atoms. The summed E-state index contributed by atoms with van der Waals surface area (Å²) in [6, 6.07) is 6.76. The smallest absolute Gasteiger partial charge is 0.339 e. The summed E-state index contributed by atoms with van der Waals surface area (Å²) in [5, 5.41) is 5.62. The maximum atomic E-state index is 12.5. The first-order valence-electron chi connectivity index (χ1n) is 8.43. The molecule has 0 saturated heterocycles. The number of rotatable bonds is 6. The Morgan fingerprint density at radius 3 is 2.32 bits per heavy atom. The second-order valence-corrected chi connectivity index (χ2v) is 6.11. The number of carbonyl (C=O) groups excluding carboxylic acids is 3. The van der Waals surface area contributed by atoms with Crippen LogP contribution in [0.2, 0.25) is 0 Å². The van der Waals surface area contributed by atoms with Crippen molar-refractivity contribution < 1.29 is 19.1 Å². The number of esters is 1. The number of hydrogen-bond acceptors (Lipinski definition) is 4. The number of ether oxygens (including phenoxy) is 1. The predicted octanol–water partition coefficient (Wildman–Crippen LogP) is 2.52. The summed E-state index contributed by atoms with van der Waals surface area (Å²) in [5.74, 6) is -0.796. The van der Waals surface area contributed by atoms with Crippen molar-refractivity contribution in [1.82, 2.24) is 5.32 Å². The highest BCUT2D eigenvalue weighted by Gasteiger charge is 2.30. The Balaban J connectivity index is 1.92. The minimum atomic E-state index is -0.488. The second-order valence-electron chi connectivity index (χ2n) is 6.11. The Morgan fingerprint density at radius 1 is 1.12 bits per heavy atom. The van der Waals surface area contributed by atoms with Gasteiger partial charge in [0.15, 0.2) is 0 Å². The standard InChI is InChI=1S/C19H24N2O4/c1-3-12-20-17(22)13-8-10-14(11-9-13)18(23)21-16-7-5-4-6-15(16)19(24)25-2/h3-7,13-14H,1,8-12H2,2H3,(H,20,22)(H,21,23). The van der Waals surface area contributed by atoms with Gasteiger partial charge in [0.2, 0.25) is 11.8 Å². The fourth-order valence-electron chi connectivity index (χ4n) is 3.05. The van der Waals surface area contributed by atoms with Crippen molar-refractivity contribution in [1.29, 1.82) is 0 Å². The van der Waals surface area contributed by atoms with Gasteiger partial charge < -0.3 is 15.4 Å². The van der Waals surface area contributed by atoms with E-state index in [0.29, 0.717) is 43.5 Å². The second kappa shape index (κ2) is 9.01. The average Bonchev–Trinajstić information content (AvgIpc) is 2.66. The largest absolute Gasteiger partial charge is 0.465 e. The van der Waals surface area contributed by atoms with Gasteiger partial charge in [0.1, 0.15) is 0 Å². The van der Waals surface area contributed by atoms with Gasteiger partial charge in [0, 0.05) is 18.4 Å². The van der Waals surface area contributed by atoms with Crippen LogP contribution in [0.15, 0.2) is 36.9 Å². The molecular formula is C19H24N2O4. The lowest BCUT2D eigenvalue weighted by Gasteiger charge is -2.27. The quantitative estimate of drug-likeness (QED) is 0.613. The van der Waals surface area contributed by atoms with Crippen molar-refractivity contribution >= 4 is 23.5 Å². The maximum Gasteiger partial charge on any atom is 0.339 e. The molecule has 1 aliphatic rings. The van der Waals surface area contributed by atoms with E-state index in [-0.39, 0.29) is 23.7 Å². The van der Waals surface area contributed by atoms with Crippen LogP contribution in [-0.4, -0.2) is 31.4 Å². The number of nitrogens with one attached hydrogen (secondary N) is 2. The van der Waals surface area contributed by atoms with Crippen LogP contribution in [0.25, 0.3) is 0 Å². The third-order valence-corrected chi connectivity index (χ3v) is 4.48. The molecule has 2 N–H and O–H groups in total. The van der Waals surface area contributed by atoms with Gasteiger partial charge in [0.05, 0.1) is 18.4 Å². The van der Waals surface area contributed by atoms with Crippen LogP contribution in [0, 0.1) is 11.8 Å². The summed E-state index contributed by atoms with van der Waals surface area (Å²) in [5.41, 5.74) is 0.779. The van der Waals surface area contributed by atoms with Crippen LogP contribution >= 0.6 is 0 Å². The lowest BCUT2D eigenvalue weighted by Crippen LogP contribution is -2.35. The third kappa shape index (κ3) is 4.92. The van der Waals surface area contributed by atoms with E-state index >= 15 is 0 Å². The highest BCUT2D eigenvalue weighted by atomic mass is 16.5. The summed E-state index contributed by atoms with van der Waals surface area (Å²) in [4.78, 5) is 36.2. The van der Waals surface area contributed by atoms with Crippen molar-refractivity contribution in [3.63, 3.8) is 0 Å². The van der Waals surface area contributed by atoms with Crippen LogP contribution in [0.5, 0.6) is 0 Å². The number of benzene rings is 1. The summed E-state index contributed by atoms with van der Waals surface area (Å²) in [6.07, 6.45) is 4.31. The van der Waals surface area contributed by atoms with Gasteiger partial charge in [0.25, 0.3) is 0 Å². The van der Waals surface area contributed by atoms with Gasteiger partial charge in [-0.25, -0.2) is 4.79 Å². The first kappa shape index (κ1) is 18.7. The molecule has 0 heterocycles. The molecule has 0 aliphatic heterocycles. The predicted molar refractivity (Wildman–Crippen MR) is 95.1 cm³/mol. The first-order valence-corrected chi connectivity index (χ1v) is 8.43. The fraction of sp³-hybridized carbons (Fsp3) is 0.421. The van der Waals surface area contributed by atoms with Gasteiger partial charge >= 0.3 is 5.97 Å². The highest BCUT2D eigenvalue weighted by molar-refractivity contribution is 6.01. The van der Waals surface area contributed by atoms with E-state index < -0.39 is 5.97 Å². The Morgan fingerprint density at radius 2 is 1.72 bits per heavy atom. The number of amides is 2. The molecule has 0 aromatic heterocycles. The van der Waals surface area contributed by atoms with Crippen LogP contribution in [-0.2, 0) is 14.3 Å². The van der Waals surface area contributed by atoms with E-state index in [1.54, 1.807) is 30.3 Å². The summed E-state index contributed by atoms with van der Waals surface area (Å²) in [7, 11) is 1.31. The zero-order valence-corrected chi connectivity index (χ0v) is 14.4. The molecule has 134 valence electrons. The fourth-order valence-corrected chi connectivity index (χ4v) is 3.05. The maximum absolute atomic E-state index is 12.5. The molecule has 6 nitrogen and oxygen atoms in total. The normalized spacial score (nSPS) is 19.6.